The molecule has 0 aliphatic rings. The van der Waals surface area contributed by atoms with Gasteiger partial charge in [0.25, 0.3) is 5.91 Å². The topological polar surface area (TPSA) is 88.7 Å². The highest BCUT2D eigenvalue weighted by molar-refractivity contribution is 9.10. The van der Waals surface area contributed by atoms with Gasteiger partial charge in [0.05, 0.1) is 12.2 Å². The molecule has 1 aromatic heterocycles. The molecule has 8 heteroatoms. The first-order valence-corrected chi connectivity index (χ1v) is 9.56. The molecule has 2 rings (SSSR count). The van der Waals surface area contributed by atoms with Crippen LogP contribution in [0.5, 0.6) is 0 Å². The van der Waals surface area contributed by atoms with Crippen molar-refractivity contribution in [2.45, 2.75) is 27.3 Å². The second kappa shape index (κ2) is 9.54. The average molecular weight is 451 g/mol. The molecule has 0 spiro atoms. The van der Waals surface area contributed by atoms with E-state index in [1.54, 1.807) is 27.8 Å². The van der Waals surface area contributed by atoms with Crippen molar-refractivity contribution < 1.29 is 23.9 Å². The van der Waals surface area contributed by atoms with Gasteiger partial charge in [-0.1, -0.05) is 34.1 Å². The molecular formula is C20H23BrN2O5. The fourth-order valence-corrected chi connectivity index (χ4v) is 3.15. The number of amides is 1. The Bertz CT molecular complexity index is 891. The van der Waals surface area contributed by atoms with E-state index in [0.717, 1.165) is 10.0 Å². The number of H-pyrrole nitrogens is 1. The zero-order chi connectivity index (χ0) is 20.8. The summed E-state index contributed by atoms with van der Waals surface area (Å²) in [4.78, 5) is 41.0. The second-order valence-corrected chi connectivity index (χ2v) is 7.12. The van der Waals surface area contributed by atoms with Gasteiger partial charge in [-0.15, -0.1) is 0 Å². The Hall–Kier alpha value is -2.61. The zero-order valence-electron chi connectivity index (χ0n) is 16.3. The number of hydrogen-bond donors (Lipinski definition) is 1. The summed E-state index contributed by atoms with van der Waals surface area (Å²) >= 11 is 3.44. The van der Waals surface area contributed by atoms with Crippen LogP contribution < -0.4 is 0 Å². The molecule has 0 fully saturated rings. The Morgan fingerprint density at radius 3 is 2.43 bits per heavy atom. The highest BCUT2D eigenvalue weighted by Gasteiger charge is 2.24. The van der Waals surface area contributed by atoms with Gasteiger partial charge in [0.1, 0.15) is 5.69 Å². The van der Waals surface area contributed by atoms with Crippen LogP contribution in [0.25, 0.3) is 0 Å². The molecule has 0 aliphatic carbocycles. The van der Waals surface area contributed by atoms with E-state index in [0.29, 0.717) is 23.4 Å². The van der Waals surface area contributed by atoms with Crippen molar-refractivity contribution in [3.05, 3.63) is 56.8 Å². The van der Waals surface area contributed by atoms with Crippen molar-refractivity contribution in [1.29, 1.82) is 0 Å². The number of hydrogen-bond acceptors (Lipinski definition) is 5. The van der Waals surface area contributed by atoms with Gasteiger partial charge in [-0.2, -0.15) is 0 Å². The van der Waals surface area contributed by atoms with E-state index < -0.39 is 18.5 Å². The monoisotopic (exact) mass is 450 g/mol. The summed E-state index contributed by atoms with van der Waals surface area (Å²) < 4.78 is 11.0. The summed E-state index contributed by atoms with van der Waals surface area (Å²) in [5.74, 6) is -1.54. The van der Waals surface area contributed by atoms with Crippen LogP contribution >= 0.6 is 15.9 Å². The smallest absolute Gasteiger partial charge is 0.355 e. The predicted octanol–water partition coefficient (Wildman–Crippen LogP) is 3.39. The molecule has 2 aromatic rings. The van der Waals surface area contributed by atoms with E-state index >= 15 is 0 Å². The average Bonchev–Trinajstić information content (AvgIpc) is 2.95. The molecule has 0 bridgehead atoms. The number of rotatable bonds is 7. The second-order valence-electron chi connectivity index (χ2n) is 6.26. The number of aromatic amines is 1. The van der Waals surface area contributed by atoms with Gasteiger partial charge in [-0.3, -0.25) is 4.79 Å². The van der Waals surface area contributed by atoms with E-state index in [2.05, 4.69) is 20.9 Å². The summed E-state index contributed by atoms with van der Waals surface area (Å²) in [6.07, 6.45) is 0. The van der Waals surface area contributed by atoms with Crippen molar-refractivity contribution in [3.8, 4) is 0 Å². The molecule has 1 aromatic carbocycles. The van der Waals surface area contributed by atoms with Gasteiger partial charge in [0.2, 0.25) is 0 Å². The Labute approximate surface area is 172 Å². The largest absolute Gasteiger partial charge is 0.462 e. The number of carbonyl (C=O) groups excluding carboxylic acids is 3. The van der Waals surface area contributed by atoms with Crippen LogP contribution in [0.4, 0.5) is 0 Å². The van der Waals surface area contributed by atoms with Crippen LogP contribution in [0.15, 0.2) is 28.7 Å². The minimum absolute atomic E-state index is 0.141. The highest BCUT2D eigenvalue weighted by Crippen LogP contribution is 2.20. The Morgan fingerprint density at radius 2 is 1.79 bits per heavy atom. The number of aryl methyl sites for hydroxylation is 1. The maximum atomic E-state index is 12.4. The van der Waals surface area contributed by atoms with E-state index in [9.17, 15) is 14.4 Å². The van der Waals surface area contributed by atoms with Gasteiger partial charge < -0.3 is 19.4 Å². The number of likely N-dealkylation sites (N-methyl/N-ethyl adjacent to an activating group) is 1. The Balaban J connectivity index is 2.00. The van der Waals surface area contributed by atoms with E-state index in [-0.39, 0.29) is 18.2 Å². The summed E-state index contributed by atoms with van der Waals surface area (Å²) in [7, 11) is 1.64. The number of carbonyl (C=O) groups is 3. The van der Waals surface area contributed by atoms with Gasteiger partial charge in [-0.25, -0.2) is 9.59 Å². The number of esters is 2. The lowest BCUT2D eigenvalue weighted by atomic mass is 10.1. The lowest BCUT2D eigenvalue weighted by Gasteiger charge is -2.18. The summed E-state index contributed by atoms with van der Waals surface area (Å²) in [5.41, 5.74) is 2.35. The standard InChI is InChI=1S/C20H23BrN2O5/c1-5-27-19(25)17-12(2)18(22-13(17)3)20(26)28-11-16(24)23(4)10-14-8-6-7-9-15(14)21/h6-9,22H,5,10-11H2,1-4H3. The quantitative estimate of drug-likeness (QED) is 0.652. The third kappa shape index (κ3) is 5.01. The van der Waals surface area contributed by atoms with Crippen LogP contribution in [0.3, 0.4) is 0 Å². The van der Waals surface area contributed by atoms with E-state index in [1.165, 1.54) is 4.90 Å². The molecule has 0 aliphatic heterocycles. The minimum atomic E-state index is -0.696. The molecular weight excluding hydrogens is 428 g/mol. The first-order chi connectivity index (χ1) is 13.3. The zero-order valence-corrected chi connectivity index (χ0v) is 17.9. The van der Waals surface area contributed by atoms with Crippen molar-refractivity contribution in [3.63, 3.8) is 0 Å². The van der Waals surface area contributed by atoms with E-state index in [1.807, 2.05) is 24.3 Å². The number of halogens is 1. The molecule has 1 amide bonds. The van der Waals surface area contributed by atoms with Gasteiger partial charge in [0, 0.05) is 23.8 Å². The third-order valence-electron chi connectivity index (χ3n) is 4.24. The normalized spacial score (nSPS) is 10.5. The highest BCUT2D eigenvalue weighted by atomic mass is 79.9. The fraction of sp³-hybridized carbons (Fsp3) is 0.350. The van der Waals surface area contributed by atoms with Crippen LogP contribution in [-0.4, -0.2) is 48.0 Å². The number of ether oxygens (including phenoxy) is 2. The lowest BCUT2D eigenvalue weighted by Crippen LogP contribution is -2.31. The molecule has 0 saturated heterocycles. The maximum Gasteiger partial charge on any atom is 0.355 e. The van der Waals surface area contributed by atoms with Crippen molar-refractivity contribution in [2.75, 3.05) is 20.3 Å². The molecule has 28 heavy (non-hydrogen) atoms. The van der Waals surface area contributed by atoms with Crippen molar-refractivity contribution in [2.24, 2.45) is 0 Å². The first kappa shape index (κ1) is 21.7. The number of benzene rings is 1. The summed E-state index contributed by atoms with van der Waals surface area (Å²) in [6, 6.07) is 7.57. The number of nitrogens with one attached hydrogen (secondary N) is 1. The predicted molar refractivity (Wildman–Crippen MR) is 107 cm³/mol. The molecule has 1 N–H and O–H groups in total. The maximum absolute atomic E-state index is 12.4. The molecule has 0 saturated carbocycles. The number of nitrogens with zero attached hydrogens (tertiary/aromatic N) is 1. The van der Waals surface area contributed by atoms with Crippen molar-refractivity contribution in [1.82, 2.24) is 9.88 Å². The Kier molecular flexibility index (Phi) is 7.39. The minimum Gasteiger partial charge on any atom is -0.462 e. The van der Waals surface area contributed by atoms with Gasteiger partial charge in [0.15, 0.2) is 6.61 Å². The van der Waals surface area contributed by atoms with Crippen LogP contribution in [0, 0.1) is 13.8 Å². The first-order valence-electron chi connectivity index (χ1n) is 8.77. The molecule has 0 radical (unpaired) electrons. The number of aromatic nitrogens is 1. The van der Waals surface area contributed by atoms with Gasteiger partial charge >= 0.3 is 11.9 Å². The van der Waals surface area contributed by atoms with Gasteiger partial charge in [-0.05, 0) is 38.0 Å². The molecule has 7 nitrogen and oxygen atoms in total. The Morgan fingerprint density at radius 1 is 1.11 bits per heavy atom. The summed E-state index contributed by atoms with van der Waals surface area (Å²) in [6.45, 7) is 5.24. The molecule has 0 unspecified atom stereocenters. The lowest BCUT2D eigenvalue weighted by molar-refractivity contribution is -0.133. The van der Waals surface area contributed by atoms with E-state index in [4.69, 9.17) is 9.47 Å². The SMILES string of the molecule is CCOC(=O)c1c(C)[nH]c(C(=O)OCC(=O)N(C)Cc2ccccc2Br)c1C. The molecule has 0 atom stereocenters. The third-order valence-corrected chi connectivity index (χ3v) is 5.01. The fourth-order valence-electron chi connectivity index (χ4n) is 2.74. The van der Waals surface area contributed by atoms with Crippen molar-refractivity contribution >= 4 is 33.8 Å². The van der Waals surface area contributed by atoms with Crippen LogP contribution in [0.2, 0.25) is 0 Å². The molecule has 1 heterocycles. The van der Waals surface area contributed by atoms with Crippen LogP contribution in [0.1, 0.15) is 44.6 Å². The molecule has 150 valence electrons. The van der Waals surface area contributed by atoms with Crippen LogP contribution in [-0.2, 0) is 20.8 Å². The summed E-state index contributed by atoms with van der Waals surface area (Å²) in [5, 5.41) is 0.